The van der Waals surface area contributed by atoms with Crippen molar-refractivity contribution < 1.29 is 18.3 Å². The lowest BCUT2D eigenvalue weighted by molar-refractivity contribution is -0.132. The Morgan fingerprint density at radius 1 is 0.929 bits per heavy atom. The summed E-state index contributed by atoms with van der Waals surface area (Å²) < 4.78 is 32.7. The van der Waals surface area contributed by atoms with Gasteiger partial charge in [-0.2, -0.15) is 0 Å². The van der Waals surface area contributed by atoms with Crippen molar-refractivity contribution in [3.8, 4) is 0 Å². The lowest BCUT2D eigenvalue weighted by atomic mass is 10.0. The van der Waals surface area contributed by atoms with Crippen molar-refractivity contribution in [1.29, 1.82) is 0 Å². The summed E-state index contributed by atoms with van der Waals surface area (Å²) in [5, 5.41) is 0. The zero-order valence-corrected chi connectivity index (χ0v) is 16.1. The zero-order valence-electron chi connectivity index (χ0n) is 16.1. The van der Waals surface area contributed by atoms with E-state index in [-0.39, 0.29) is 23.6 Å². The number of halogens is 2. The van der Waals surface area contributed by atoms with E-state index in [1.165, 1.54) is 24.3 Å². The summed E-state index contributed by atoms with van der Waals surface area (Å²) in [6, 6.07) is 12.4. The van der Waals surface area contributed by atoms with Crippen LogP contribution < -0.4 is 0 Å². The van der Waals surface area contributed by atoms with Gasteiger partial charge in [0.05, 0.1) is 6.61 Å². The van der Waals surface area contributed by atoms with Crippen LogP contribution in [0.3, 0.4) is 0 Å². The largest absolute Gasteiger partial charge is 0.367 e. The predicted molar refractivity (Wildman–Crippen MR) is 104 cm³/mol. The topological polar surface area (TPSA) is 32.8 Å². The van der Waals surface area contributed by atoms with Gasteiger partial charge in [0.25, 0.3) is 0 Å². The molecule has 4 nitrogen and oxygen atoms in total. The molecule has 28 heavy (non-hydrogen) atoms. The standard InChI is InChI=1S/C22H26F2N2O2/c1-2-21(27)26-13-11-25(12-14-26)15-16-28-22(17-3-7-19(23)8-4-17)18-5-9-20(24)10-6-18/h3-10,22H,2,11-16H2,1H3. The summed E-state index contributed by atoms with van der Waals surface area (Å²) in [5.74, 6) is -0.411. The number of carbonyl (C=O) groups excluding carboxylic acids is 1. The first-order valence-electron chi connectivity index (χ1n) is 9.69. The second-order valence-electron chi connectivity index (χ2n) is 6.93. The summed E-state index contributed by atoms with van der Waals surface area (Å²) >= 11 is 0. The van der Waals surface area contributed by atoms with E-state index in [2.05, 4.69) is 4.90 Å². The highest BCUT2D eigenvalue weighted by molar-refractivity contribution is 5.75. The first kappa shape index (κ1) is 20.4. The molecule has 150 valence electrons. The number of nitrogens with zero attached hydrogens (tertiary/aromatic N) is 2. The highest BCUT2D eigenvalue weighted by Crippen LogP contribution is 2.26. The second kappa shape index (κ2) is 9.75. The molecule has 1 aliphatic heterocycles. The smallest absolute Gasteiger partial charge is 0.222 e. The molecule has 2 aromatic rings. The molecule has 0 radical (unpaired) electrons. The zero-order chi connectivity index (χ0) is 19.9. The molecule has 0 bridgehead atoms. The summed E-state index contributed by atoms with van der Waals surface area (Å²) in [6.45, 7) is 6.25. The molecular formula is C22H26F2N2O2. The van der Waals surface area contributed by atoms with Gasteiger partial charge >= 0.3 is 0 Å². The molecule has 0 aliphatic carbocycles. The Hall–Kier alpha value is -2.31. The molecule has 1 aliphatic rings. The molecule has 2 aromatic carbocycles. The van der Waals surface area contributed by atoms with Crippen LogP contribution in [0.1, 0.15) is 30.6 Å². The number of carbonyl (C=O) groups is 1. The molecule has 0 N–H and O–H groups in total. The van der Waals surface area contributed by atoms with Crippen LogP contribution >= 0.6 is 0 Å². The van der Waals surface area contributed by atoms with E-state index in [9.17, 15) is 13.6 Å². The monoisotopic (exact) mass is 388 g/mol. The van der Waals surface area contributed by atoms with Gasteiger partial charge in [-0.1, -0.05) is 31.2 Å². The highest BCUT2D eigenvalue weighted by Gasteiger charge is 2.21. The molecule has 3 rings (SSSR count). The Labute approximate surface area is 164 Å². The lowest BCUT2D eigenvalue weighted by Crippen LogP contribution is -2.49. The molecule has 1 heterocycles. The van der Waals surface area contributed by atoms with E-state index < -0.39 is 0 Å². The highest BCUT2D eigenvalue weighted by atomic mass is 19.1. The molecule has 1 saturated heterocycles. The van der Waals surface area contributed by atoms with E-state index in [0.29, 0.717) is 13.0 Å². The Morgan fingerprint density at radius 2 is 1.43 bits per heavy atom. The van der Waals surface area contributed by atoms with Crippen molar-refractivity contribution in [2.75, 3.05) is 39.3 Å². The third-order valence-electron chi connectivity index (χ3n) is 5.06. The fourth-order valence-corrected chi connectivity index (χ4v) is 3.40. The SMILES string of the molecule is CCC(=O)N1CCN(CCOC(c2ccc(F)cc2)c2ccc(F)cc2)CC1. The molecular weight excluding hydrogens is 362 g/mol. The molecule has 1 amide bonds. The molecule has 0 saturated carbocycles. The fraction of sp³-hybridized carbons (Fsp3) is 0.409. The Kier molecular flexibility index (Phi) is 7.12. The summed E-state index contributed by atoms with van der Waals surface area (Å²) in [5.41, 5.74) is 1.65. The van der Waals surface area contributed by atoms with Crippen molar-refractivity contribution >= 4 is 5.91 Å². The third-order valence-corrected chi connectivity index (χ3v) is 5.06. The number of ether oxygens (including phenoxy) is 1. The molecule has 0 unspecified atom stereocenters. The number of rotatable bonds is 7. The summed E-state index contributed by atoms with van der Waals surface area (Å²) in [7, 11) is 0. The van der Waals surface area contributed by atoms with Crippen molar-refractivity contribution in [3.63, 3.8) is 0 Å². The molecule has 1 fully saturated rings. The Balaban J connectivity index is 1.59. The van der Waals surface area contributed by atoms with Gasteiger partial charge in [-0.3, -0.25) is 9.69 Å². The van der Waals surface area contributed by atoms with Crippen LogP contribution in [0, 0.1) is 11.6 Å². The van der Waals surface area contributed by atoms with E-state index in [0.717, 1.165) is 43.9 Å². The van der Waals surface area contributed by atoms with Gasteiger partial charge < -0.3 is 9.64 Å². The number of hydrogen-bond donors (Lipinski definition) is 0. The number of piperazine rings is 1. The summed E-state index contributed by atoms with van der Waals surface area (Å²) in [4.78, 5) is 15.9. The quantitative estimate of drug-likeness (QED) is 0.726. The average Bonchev–Trinajstić information content (AvgIpc) is 2.73. The van der Waals surface area contributed by atoms with Crippen molar-refractivity contribution in [2.24, 2.45) is 0 Å². The number of hydrogen-bond acceptors (Lipinski definition) is 3. The normalized spacial score (nSPS) is 15.2. The van der Waals surface area contributed by atoms with Gasteiger partial charge in [0, 0.05) is 39.1 Å². The maximum atomic E-state index is 13.3. The minimum atomic E-state index is -0.385. The number of benzene rings is 2. The van der Waals surface area contributed by atoms with Gasteiger partial charge in [-0.05, 0) is 35.4 Å². The maximum Gasteiger partial charge on any atom is 0.222 e. The molecule has 0 aromatic heterocycles. The Bertz CT molecular complexity index is 712. The van der Waals surface area contributed by atoms with Gasteiger partial charge in [0.2, 0.25) is 5.91 Å². The van der Waals surface area contributed by atoms with Crippen molar-refractivity contribution in [3.05, 3.63) is 71.3 Å². The average molecular weight is 388 g/mol. The summed E-state index contributed by atoms with van der Waals surface area (Å²) in [6.07, 6.45) is 0.157. The van der Waals surface area contributed by atoms with Crippen LogP contribution in [0.2, 0.25) is 0 Å². The van der Waals surface area contributed by atoms with Crippen LogP contribution in [0.25, 0.3) is 0 Å². The van der Waals surface area contributed by atoms with E-state index >= 15 is 0 Å². The van der Waals surface area contributed by atoms with Gasteiger partial charge in [-0.15, -0.1) is 0 Å². The first-order chi connectivity index (χ1) is 13.6. The number of amides is 1. The maximum absolute atomic E-state index is 13.3. The molecule has 0 spiro atoms. The van der Waals surface area contributed by atoms with Crippen molar-refractivity contribution in [2.45, 2.75) is 19.4 Å². The minimum Gasteiger partial charge on any atom is -0.367 e. The van der Waals surface area contributed by atoms with Crippen molar-refractivity contribution in [1.82, 2.24) is 9.80 Å². The van der Waals surface area contributed by atoms with Gasteiger partial charge in [0.15, 0.2) is 0 Å². The van der Waals surface area contributed by atoms with Crippen LogP contribution in [0.15, 0.2) is 48.5 Å². The van der Waals surface area contributed by atoms with E-state index in [1.807, 2.05) is 11.8 Å². The predicted octanol–water partition coefficient (Wildman–Crippen LogP) is 3.63. The fourth-order valence-electron chi connectivity index (χ4n) is 3.40. The van der Waals surface area contributed by atoms with Crippen LogP contribution in [-0.2, 0) is 9.53 Å². The lowest BCUT2D eigenvalue weighted by Gasteiger charge is -2.34. The third kappa shape index (κ3) is 5.36. The molecule has 6 heteroatoms. The second-order valence-corrected chi connectivity index (χ2v) is 6.93. The van der Waals surface area contributed by atoms with Crippen LogP contribution in [0.5, 0.6) is 0 Å². The first-order valence-corrected chi connectivity index (χ1v) is 9.69. The molecule has 0 atom stereocenters. The van der Waals surface area contributed by atoms with Gasteiger partial charge in [-0.25, -0.2) is 8.78 Å². The van der Waals surface area contributed by atoms with E-state index in [1.54, 1.807) is 24.3 Å². The van der Waals surface area contributed by atoms with E-state index in [4.69, 9.17) is 4.74 Å². The minimum absolute atomic E-state index is 0.198. The Morgan fingerprint density at radius 3 is 1.89 bits per heavy atom. The van der Waals surface area contributed by atoms with Crippen LogP contribution in [0.4, 0.5) is 8.78 Å². The van der Waals surface area contributed by atoms with Gasteiger partial charge in [0.1, 0.15) is 17.7 Å². The van der Waals surface area contributed by atoms with Crippen LogP contribution in [-0.4, -0.2) is 55.0 Å².